The summed E-state index contributed by atoms with van der Waals surface area (Å²) in [6.45, 7) is 4.85. The van der Waals surface area contributed by atoms with Crippen LogP contribution < -0.4 is 15.4 Å². The molecule has 1 atom stereocenters. The molecule has 0 bridgehead atoms. The molecule has 1 heterocycles. The third-order valence-corrected chi connectivity index (χ3v) is 4.06. The van der Waals surface area contributed by atoms with Crippen molar-refractivity contribution in [2.45, 2.75) is 33.0 Å². The number of nitrogens with two attached hydrogens (primary N) is 1. The first kappa shape index (κ1) is 14.6. The van der Waals surface area contributed by atoms with Crippen molar-refractivity contribution in [3.05, 3.63) is 59.2 Å². The number of hydrogen-bond acceptors (Lipinski definition) is 3. The molecule has 0 saturated carbocycles. The van der Waals surface area contributed by atoms with Crippen molar-refractivity contribution < 1.29 is 9.53 Å². The number of anilines is 1. The summed E-state index contributed by atoms with van der Waals surface area (Å²) in [6.07, 6.45) is -0.482. The van der Waals surface area contributed by atoms with Gasteiger partial charge in [0, 0.05) is 6.54 Å². The summed E-state index contributed by atoms with van der Waals surface area (Å²) >= 11 is 0. The fraction of sp³-hybridized carbons (Fsp3) is 0.278. The van der Waals surface area contributed by atoms with Crippen LogP contribution in [0.2, 0.25) is 0 Å². The molecule has 2 aromatic carbocycles. The monoisotopic (exact) mass is 296 g/mol. The molecule has 2 aromatic rings. The van der Waals surface area contributed by atoms with Gasteiger partial charge in [-0.1, -0.05) is 30.3 Å². The van der Waals surface area contributed by atoms with Crippen LogP contribution in [-0.2, 0) is 17.9 Å². The van der Waals surface area contributed by atoms with Crippen LogP contribution >= 0.6 is 0 Å². The molecular weight excluding hydrogens is 276 g/mol. The van der Waals surface area contributed by atoms with Gasteiger partial charge in [-0.05, 0) is 42.7 Å². The first-order chi connectivity index (χ1) is 10.6. The van der Waals surface area contributed by atoms with Gasteiger partial charge >= 0.3 is 0 Å². The van der Waals surface area contributed by atoms with E-state index in [1.54, 1.807) is 11.8 Å². The van der Waals surface area contributed by atoms with E-state index in [2.05, 4.69) is 19.1 Å². The van der Waals surface area contributed by atoms with Gasteiger partial charge in [-0.15, -0.1) is 0 Å². The zero-order chi connectivity index (χ0) is 15.7. The normalized spacial score (nSPS) is 17.1. The van der Waals surface area contributed by atoms with Gasteiger partial charge in [-0.25, -0.2) is 0 Å². The van der Waals surface area contributed by atoms with Crippen LogP contribution in [0.5, 0.6) is 5.75 Å². The van der Waals surface area contributed by atoms with E-state index < -0.39 is 6.10 Å². The highest BCUT2D eigenvalue weighted by molar-refractivity contribution is 5.99. The molecule has 1 amide bonds. The number of ether oxygens (including phenoxy) is 1. The van der Waals surface area contributed by atoms with E-state index in [9.17, 15) is 4.79 Å². The molecule has 0 fully saturated rings. The Kier molecular flexibility index (Phi) is 3.86. The Labute approximate surface area is 130 Å². The topological polar surface area (TPSA) is 55.6 Å². The Morgan fingerprint density at radius 1 is 1.23 bits per heavy atom. The van der Waals surface area contributed by atoms with Gasteiger partial charge in [0.25, 0.3) is 5.91 Å². The van der Waals surface area contributed by atoms with Crippen LogP contribution in [0.15, 0.2) is 42.5 Å². The number of carbonyl (C=O) groups excluding carboxylic acids is 1. The van der Waals surface area contributed by atoms with Crippen LogP contribution in [0, 0.1) is 6.92 Å². The van der Waals surface area contributed by atoms with Gasteiger partial charge < -0.3 is 15.4 Å². The fourth-order valence-corrected chi connectivity index (χ4v) is 2.70. The number of nitrogens with zero attached hydrogens (tertiary/aromatic N) is 1. The molecule has 0 spiro atoms. The van der Waals surface area contributed by atoms with E-state index in [4.69, 9.17) is 10.5 Å². The van der Waals surface area contributed by atoms with Crippen molar-refractivity contribution in [2.24, 2.45) is 5.73 Å². The second-order valence-corrected chi connectivity index (χ2v) is 5.62. The second-order valence-electron chi connectivity index (χ2n) is 5.62. The van der Waals surface area contributed by atoms with Crippen molar-refractivity contribution in [3.8, 4) is 5.75 Å². The molecule has 0 saturated heterocycles. The molecule has 3 rings (SSSR count). The zero-order valence-electron chi connectivity index (χ0n) is 12.9. The molecule has 0 radical (unpaired) electrons. The molecule has 4 heteroatoms. The smallest absolute Gasteiger partial charge is 0.268 e. The lowest BCUT2D eigenvalue weighted by Crippen LogP contribution is -2.44. The third kappa shape index (κ3) is 2.57. The van der Waals surface area contributed by atoms with Gasteiger partial charge in [0.1, 0.15) is 5.75 Å². The zero-order valence-corrected chi connectivity index (χ0v) is 12.9. The maximum Gasteiger partial charge on any atom is 0.268 e. The quantitative estimate of drug-likeness (QED) is 0.947. The molecule has 0 aromatic heterocycles. The van der Waals surface area contributed by atoms with Crippen LogP contribution in [0.3, 0.4) is 0 Å². The summed E-state index contributed by atoms with van der Waals surface area (Å²) in [6, 6.07) is 13.9. The average Bonchev–Trinajstić information content (AvgIpc) is 2.53. The lowest BCUT2D eigenvalue weighted by atomic mass is 10.1. The van der Waals surface area contributed by atoms with Crippen molar-refractivity contribution in [1.82, 2.24) is 0 Å². The summed E-state index contributed by atoms with van der Waals surface area (Å²) in [5.74, 6) is 0.708. The first-order valence-corrected chi connectivity index (χ1v) is 7.45. The van der Waals surface area contributed by atoms with Gasteiger partial charge in [0.05, 0.1) is 12.2 Å². The van der Waals surface area contributed by atoms with Crippen LogP contribution in [0.1, 0.15) is 23.6 Å². The molecule has 4 nitrogen and oxygen atoms in total. The number of benzene rings is 2. The predicted octanol–water partition coefficient (Wildman–Crippen LogP) is 2.77. The van der Waals surface area contributed by atoms with Crippen LogP contribution in [-0.4, -0.2) is 12.0 Å². The van der Waals surface area contributed by atoms with Gasteiger partial charge in [-0.2, -0.15) is 0 Å². The maximum absolute atomic E-state index is 12.5. The third-order valence-electron chi connectivity index (χ3n) is 4.06. The fourth-order valence-electron chi connectivity index (χ4n) is 2.70. The lowest BCUT2D eigenvalue weighted by Gasteiger charge is -2.33. The Balaban J connectivity index is 2.00. The number of aryl methyl sites for hydroxylation is 1. The number of hydrogen-bond donors (Lipinski definition) is 1. The lowest BCUT2D eigenvalue weighted by molar-refractivity contribution is -0.125. The van der Waals surface area contributed by atoms with Crippen LogP contribution in [0.25, 0.3) is 0 Å². The van der Waals surface area contributed by atoms with Gasteiger partial charge in [0.2, 0.25) is 0 Å². The molecule has 22 heavy (non-hydrogen) atoms. The van der Waals surface area contributed by atoms with E-state index in [0.29, 0.717) is 13.1 Å². The largest absolute Gasteiger partial charge is 0.479 e. The Hall–Kier alpha value is -2.33. The first-order valence-electron chi connectivity index (χ1n) is 7.45. The molecule has 1 unspecified atom stereocenters. The summed E-state index contributed by atoms with van der Waals surface area (Å²) in [4.78, 5) is 14.3. The highest BCUT2D eigenvalue weighted by atomic mass is 16.5. The Bertz CT molecular complexity index is 712. The Morgan fingerprint density at radius 3 is 2.73 bits per heavy atom. The van der Waals surface area contributed by atoms with Gasteiger partial charge in [0.15, 0.2) is 6.10 Å². The van der Waals surface area contributed by atoms with Crippen molar-refractivity contribution in [2.75, 3.05) is 4.90 Å². The number of amides is 1. The summed E-state index contributed by atoms with van der Waals surface area (Å²) < 4.78 is 5.74. The van der Waals surface area contributed by atoms with Crippen molar-refractivity contribution >= 4 is 11.6 Å². The van der Waals surface area contributed by atoms with E-state index >= 15 is 0 Å². The molecule has 2 N–H and O–H groups in total. The van der Waals surface area contributed by atoms with Gasteiger partial charge in [-0.3, -0.25) is 4.79 Å². The molecular formula is C18H20N2O2. The number of carbonyl (C=O) groups is 1. The van der Waals surface area contributed by atoms with E-state index in [1.807, 2.05) is 30.3 Å². The minimum absolute atomic E-state index is 0.0174. The second kappa shape index (κ2) is 5.81. The van der Waals surface area contributed by atoms with E-state index in [-0.39, 0.29) is 5.91 Å². The average molecular weight is 296 g/mol. The minimum atomic E-state index is -0.482. The summed E-state index contributed by atoms with van der Waals surface area (Å²) in [5, 5.41) is 0. The standard InChI is InChI=1S/C18H20N2O2/c1-12-5-3-4-6-15(12)11-20-16-8-7-14(10-19)9-17(16)22-13(2)18(20)21/h3-9,13H,10-11,19H2,1-2H3. The predicted molar refractivity (Wildman–Crippen MR) is 86.8 cm³/mol. The molecule has 114 valence electrons. The highest BCUT2D eigenvalue weighted by Gasteiger charge is 2.31. The summed E-state index contributed by atoms with van der Waals surface area (Å²) in [7, 11) is 0. The van der Waals surface area contributed by atoms with E-state index in [0.717, 1.165) is 22.6 Å². The molecule has 0 aliphatic carbocycles. The maximum atomic E-state index is 12.5. The van der Waals surface area contributed by atoms with E-state index in [1.165, 1.54) is 5.56 Å². The number of fused-ring (bicyclic) bond motifs is 1. The Morgan fingerprint density at radius 2 is 2.00 bits per heavy atom. The number of rotatable bonds is 3. The SMILES string of the molecule is Cc1ccccc1CN1C(=O)C(C)Oc2cc(CN)ccc21. The van der Waals surface area contributed by atoms with Crippen molar-refractivity contribution in [1.29, 1.82) is 0 Å². The van der Waals surface area contributed by atoms with Crippen LogP contribution in [0.4, 0.5) is 5.69 Å². The highest BCUT2D eigenvalue weighted by Crippen LogP contribution is 2.36. The molecule has 1 aliphatic heterocycles. The minimum Gasteiger partial charge on any atom is -0.479 e. The molecule has 1 aliphatic rings. The van der Waals surface area contributed by atoms with Crippen molar-refractivity contribution in [3.63, 3.8) is 0 Å². The summed E-state index contributed by atoms with van der Waals surface area (Å²) in [5.41, 5.74) is 9.81.